The molecule has 7 amide bonds. The minimum absolute atomic E-state index is 0.0485. The van der Waals surface area contributed by atoms with Crippen molar-refractivity contribution in [1.82, 2.24) is 9.44 Å². The normalized spacial score (nSPS) is 10.2. The maximum atomic E-state index is 11.4. The van der Waals surface area contributed by atoms with Crippen LogP contribution in [0.1, 0.15) is 0 Å². The quantitative estimate of drug-likeness (QED) is 0.0112. The van der Waals surface area contributed by atoms with Crippen LogP contribution in [0, 0.1) is 0 Å². The van der Waals surface area contributed by atoms with Crippen LogP contribution in [-0.4, -0.2) is 137 Å². The molecule has 464 valence electrons. The second-order valence-corrected chi connectivity index (χ2v) is 22.3. The molecule has 0 spiro atoms. The molecule has 0 atom stereocenters. The van der Waals surface area contributed by atoms with Crippen LogP contribution in [0.15, 0.2) is 77.2 Å². The summed E-state index contributed by atoms with van der Waals surface area (Å²) in [6.07, 6.45) is -5.89. The predicted octanol–water partition coefficient (Wildman–Crippen LogP) is 9.80. The Hall–Kier alpha value is -6.18. The van der Waals surface area contributed by atoms with Crippen molar-refractivity contribution < 1.29 is 106 Å². The van der Waals surface area contributed by atoms with Gasteiger partial charge in [0.2, 0.25) is 0 Å². The first-order valence-corrected chi connectivity index (χ1v) is 30.0. The topological polar surface area (TPSA) is 455 Å². The molecule has 0 aliphatic heterocycles. The highest BCUT2D eigenvalue weighted by Crippen LogP contribution is 2.28. The third kappa shape index (κ3) is 41.8. The number of halogens is 10. The van der Waals surface area contributed by atoms with Gasteiger partial charge in [0.1, 0.15) is 46.2 Å². The zero-order chi connectivity index (χ0) is 64.2. The molecule has 84 heavy (non-hydrogen) atoms. The number of ether oxygens (including phenoxy) is 7. The maximum Gasteiger partial charge on any atom is 0.422 e. The standard InChI is InChI=1S/C10H9Cl3N2O6S.C10H10Cl2N2O7S.C10H10Cl2N2O4.C9H9Cl2NO3.CClNO3S/c11-7-2-1-6(5-8(7)12)14-9(16)20-3-4-21-10(17)15-22(13,18)19;11-7-2-1-6(5-8(7)12)13-9(15)20-3-4-21-10(16)14-22(17,18)19;11-7-2-1-6(5-8(7)12)14-10(16)18-4-3-17-9(13)15;10-7-2-1-6(5-8(7)11)12-9(14)15-4-3-13;2-7(5,6)3-1-4/h1-2,5H,3-4H2,(H,14,16)(H,15,17);1-2,5H,3-4H2,(H,13,15)(H,14,16)(H,17,18,19);1-2,5H,3-4H2,(H2,13,15)(H,14,16);1-2,5,13H,3-4H2,(H,12,14);. The molecule has 0 unspecified atom stereocenters. The van der Waals surface area contributed by atoms with E-state index in [4.69, 9.17) is 128 Å². The zero-order valence-electron chi connectivity index (χ0n) is 41.1. The average molecular weight is 1450 g/mol. The number of isocyanates is 1. The number of carbonyl (C=O) groups is 7. The fourth-order valence-corrected chi connectivity index (χ4v) is 6.25. The minimum atomic E-state index is -4.69. The van der Waals surface area contributed by atoms with E-state index in [0.717, 1.165) is 10.8 Å². The van der Waals surface area contributed by atoms with Crippen LogP contribution in [0.25, 0.3) is 0 Å². The number of nitrogens with one attached hydrogen (secondary N) is 6. The Balaban J connectivity index is 0.00000106. The van der Waals surface area contributed by atoms with E-state index in [1.54, 1.807) is 18.2 Å². The largest absolute Gasteiger partial charge is 0.447 e. The lowest BCUT2D eigenvalue weighted by Crippen LogP contribution is -2.31. The summed E-state index contributed by atoms with van der Waals surface area (Å²) in [5.41, 5.74) is 6.32. The van der Waals surface area contributed by atoms with Crippen molar-refractivity contribution in [2.75, 3.05) is 74.1 Å². The van der Waals surface area contributed by atoms with Crippen LogP contribution < -0.4 is 36.4 Å². The molecule has 0 aliphatic carbocycles. The Morgan fingerprint density at radius 2 is 0.702 bits per heavy atom. The van der Waals surface area contributed by atoms with Gasteiger partial charge in [-0.1, -0.05) is 97.2 Å². The van der Waals surface area contributed by atoms with E-state index in [1.165, 1.54) is 59.3 Å². The second-order valence-electron chi connectivity index (χ2n) is 13.4. The van der Waals surface area contributed by atoms with Crippen molar-refractivity contribution in [3.05, 3.63) is 113 Å². The van der Waals surface area contributed by atoms with E-state index in [0.29, 0.717) is 52.9 Å². The van der Waals surface area contributed by atoms with E-state index < -0.39 is 78.0 Å². The van der Waals surface area contributed by atoms with E-state index in [2.05, 4.69) is 64.8 Å². The summed E-state index contributed by atoms with van der Waals surface area (Å²) in [5.74, 6) is 0. The molecule has 0 fully saturated rings. The van der Waals surface area contributed by atoms with E-state index in [-0.39, 0.29) is 56.3 Å². The highest BCUT2D eigenvalue weighted by molar-refractivity contribution is 8.13. The van der Waals surface area contributed by atoms with E-state index in [1.807, 2.05) is 0 Å². The smallest absolute Gasteiger partial charge is 0.422 e. The summed E-state index contributed by atoms with van der Waals surface area (Å²) in [4.78, 5) is 86.1. The predicted molar refractivity (Wildman–Crippen MR) is 307 cm³/mol. The molecule has 0 heterocycles. The van der Waals surface area contributed by atoms with Crippen molar-refractivity contribution in [3.63, 3.8) is 0 Å². The molecular weight excluding hydrogens is 1410 g/mol. The number of anilines is 4. The molecule has 44 heteroatoms. The van der Waals surface area contributed by atoms with Gasteiger partial charge in [0, 0.05) is 44.1 Å². The summed E-state index contributed by atoms with van der Waals surface area (Å²) < 4.78 is 105. The van der Waals surface area contributed by atoms with Crippen molar-refractivity contribution in [1.29, 1.82) is 0 Å². The lowest BCUT2D eigenvalue weighted by Gasteiger charge is -2.08. The fraction of sp³-hybridized carbons (Fsp3) is 0.200. The molecule has 10 N–H and O–H groups in total. The number of nitrogens with two attached hydrogens (primary N) is 1. The molecule has 0 radical (unpaired) electrons. The van der Waals surface area contributed by atoms with Crippen LogP contribution in [-0.2, 0) is 66.7 Å². The molecular formula is C40H38Cl10N8O23S3. The molecule has 0 bridgehead atoms. The van der Waals surface area contributed by atoms with Crippen LogP contribution in [0.5, 0.6) is 0 Å². The summed E-state index contributed by atoms with van der Waals surface area (Å²) in [6.45, 7) is -1.90. The number of carbonyl (C=O) groups excluding carboxylic acids is 8. The molecule has 31 nitrogen and oxygen atoms in total. The third-order valence-corrected chi connectivity index (χ3v) is 11.7. The van der Waals surface area contributed by atoms with Gasteiger partial charge in [0.05, 0.1) is 46.8 Å². The summed E-state index contributed by atoms with van der Waals surface area (Å²) in [6, 6.07) is 18.0. The van der Waals surface area contributed by atoms with Gasteiger partial charge < -0.3 is 44.0 Å². The second kappa shape index (κ2) is 41.0. The SMILES string of the molecule is NC(=O)OCCOC(=O)Nc1ccc(Cl)c(Cl)c1.O=C(Nc1ccc(Cl)c(Cl)c1)OCCO.O=C(Nc1ccc(Cl)c(Cl)c1)OCCOC(=O)NS(=O)(=O)Cl.O=C(Nc1ccc(Cl)c(Cl)c1)OCCOC(=O)NS(=O)(=O)O.O=C=NS(=O)(=O)Cl. The van der Waals surface area contributed by atoms with Gasteiger partial charge in [-0.05, 0) is 72.8 Å². The van der Waals surface area contributed by atoms with Crippen LogP contribution in [0.3, 0.4) is 0 Å². The van der Waals surface area contributed by atoms with Crippen LogP contribution in [0.2, 0.25) is 40.2 Å². The highest BCUT2D eigenvalue weighted by Gasteiger charge is 2.14. The number of amides is 7. The van der Waals surface area contributed by atoms with Gasteiger partial charge in [-0.3, -0.25) is 25.8 Å². The van der Waals surface area contributed by atoms with Crippen molar-refractivity contribution in [2.45, 2.75) is 0 Å². The molecule has 4 rings (SSSR count). The number of primary amides is 1. The number of rotatable bonds is 18. The average Bonchev–Trinajstić information content (AvgIpc) is 3.50. The number of benzene rings is 4. The molecule has 0 saturated heterocycles. The van der Waals surface area contributed by atoms with E-state index >= 15 is 0 Å². The van der Waals surface area contributed by atoms with Gasteiger partial charge in [0.15, 0.2) is 0 Å². The van der Waals surface area contributed by atoms with Gasteiger partial charge in [0.25, 0.3) is 6.08 Å². The Bertz CT molecular complexity index is 3190. The van der Waals surface area contributed by atoms with Crippen molar-refractivity contribution >= 4 is 214 Å². The maximum absolute atomic E-state index is 11.4. The zero-order valence-corrected chi connectivity index (χ0v) is 51.1. The number of hydrogen-bond donors (Lipinski definition) is 9. The Kier molecular flexibility index (Phi) is 38.0. The van der Waals surface area contributed by atoms with E-state index in [9.17, 15) is 58.8 Å². The number of aliphatic hydroxyl groups is 1. The highest BCUT2D eigenvalue weighted by atomic mass is 35.7. The summed E-state index contributed by atoms with van der Waals surface area (Å²) >= 11 is 45.8. The number of aliphatic hydroxyl groups excluding tert-OH is 1. The Morgan fingerprint density at radius 1 is 0.440 bits per heavy atom. The fourth-order valence-electron chi connectivity index (χ4n) is 4.17. The molecule has 0 aliphatic rings. The first-order chi connectivity index (χ1) is 39.0. The molecule has 4 aromatic rings. The van der Waals surface area contributed by atoms with Gasteiger partial charge in [-0.2, -0.15) is 30.0 Å². The third-order valence-electron chi connectivity index (χ3n) is 7.21. The monoisotopic (exact) mass is 1440 g/mol. The summed E-state index contributed by atoms with van der Waals surface area (Å²) in [5, 5.41) is 20.6. The number of hydrogen-bond acceptors (Lipinski definition) is 22. The first-order valence-electron chi connectivity index (χ1n) is 21.0. The van der Waals surface area contributed by atoms with Crippen molar-refractivity contribution in [3.8, 4) is 0 Å². The lowest BCUT2D eigenvalue weighted by atomic mass is 10.3. The molecule has 0 saturated carbocycles. The number of nitrogens with zero attached hydrogens (tertiary/aromatic N) is 1. The molecule has 0 aromatic heterocycles. The molecule has 4 aromatic carbocycles. The first kappa shape index (κ1) is 77.8. The van der Waals surface area contributed by atoms with Gasteiger partial charge in [-0.15, -0.1) is 0 Å². The van der Waals surface area contributed by atoms with Crippen LogP contribution >= 0.6 is 114 Å². The van der Waals surface area contributed by atoms with Crippen LogP contribution in [0.4, 0.5) is 56.3 Å². The minimum Gasteiger partial charge on any atom is -0.447 e. The lowest BCUT2D eigenvalue weighted by molar-refractivity contribution is 0.105. The Morgan fingerprint density at radius 3 is 0.917 bits per heavy atom. The van der Waals surface area contributed by atoms with Crippen molar-refractivity contribution in [2.24, 2.45) is 10.1 Å². The van der Waals surface area contributed by atoms with Gasteiger partial charge in [-0.25, -0.2) is 43.1 Å². The van der Waals surface area contributed by atoms with Gasteiger partial charge >= 0.3 is 71.4 Å². The summed E-state index contributed by atoms with van der Waals surface area (Å²) in [7, 11) is -3.79. The Labute approximate surface area is 523 Å².